The number of nitrogens with one attached hydrogen (secondary N) is 1. The third-order valence-corrected chi connectivity index (χ3v) is 2.44. The number of aliphatic hydroxyl groups excluding tert-OH is 1. The third kappa shape index (κ3) is 4.44. The van der Waals surface area contributed by atoms with Gasteiger partial charge in [0.2, 0.25) is 0 Å². The largest absolute Gasteiger partial charge is 0.496 e. The maximum Gasteiger partial charge on any atom is 0.255 e. The molecule has 1 atom stereocenters. The Morgan fingerprint density at radius 3 is 2.82 bits per heavy atom. The zero-order valence-electron chi connectivity index (χ0n) is 10.3. The molecular formula is C13H19NO3. The molecule has 0 aliphatic rings. The molecule has 0 fully saturated rings. The number of carbonyl (C=O) groups is 1. The number of amides is 1. The number of ether oxygens (including phenoxy) is 1. The fraction of sp³-hybridized carbons (Fsp3) is 0.462. The van der Waals surface area contributed by atoms with Crippen molar-refractivity contribution in [3.8, 4) is 5.75 Å². The van der Waals surface area contributed by atoms with Gasteiger partial charge in [-0.25, -0.2) is 0 Å². The number of aliphatic hydroxyl groups is 1. The highest BCUT2D eigenvalue weighted by atomic mass is 16.5. The summed E-state index contributed by atoms with van der Waals surface area (Å²) in [6.45, 7) is 2.30. The van der Waals surface area contributed by atoms with Gasteiger partial charge in [0, 0.05) is 6.54 Å². The van der Waals surface area contributed by atoms with Crippen LogP contribution < -0.4 is 10.1 Å². The Kier molecular flexibility index (Phi) is 5.49. The van der Waals surface area contributed by atoms with Crippen LogP contribution in [0.25, 0.3) is 0 Å². The van der Waals surface area contributed by atoms with Crippen molar-refractivity contribution in [2.45, 2.75) is 25.9 Å². The number of hydrogen-bond acceptors (Lipinski definition) is 3. The molecule has 0 aromatic heterocycles. The molecule has 4 heteroatoms. The summed E-state index contributed by atoms with van der Waals surface area (Å²) in [6, 6.07) is 7.10. The molecule has 1 rings (SSSR count). The molecule has 0 saturated heterocycles. The zero-order valence-corrected chi connectivity index (χ0v) is 10.3. The van der Waals surface area contributed by atoms with Crippen LogP contribution in [-0.4, -0.2) is 30.8 Å². The van der Waals surface area contributed by atoms with Crippen LogP contribution in [-0.2, 0) is 0 Å². The van der Waals surface area contributed by atoms with Gasteiger partial charge in [-0.15, -0.1) is 0 Å². The van der Waals surface area contributed by atoms with Crippen LogP contribution in [0.15, 0.2) is 24.3 Å². The molecule has 1 aromatic rings. The van der Waals surface area contributed by atoms with Crippen LogP contribution in [0.2, 0.25) is 0 Å². The summed E-state index contributed by atoms with van der Waals surface area (Å²) in [5.74, 6) is 0.425. The minimum atomic E-state index is -0.321. The average Bonchev–Trinajstić information content (AvgIpc) is 2.34. The first-order chi connectivity index (χ1) is 8.15. The van der Waals surface area contributed by atoms with Crippen LogP contribution in [0.4, 0.5) is 0 Å². The molecule has 0 saturated carbocycles. The first-order valence-electron chi connectivity index (χ1n) is 5.74. The van der Waals surface area contributed by atoms with Gasteiger partial charge in [-0.3, -0.25) is 4.79 Å². The molecule has 0 radical (unpaired) electrons. The molecule has 0 aliphatic carbocycles. The van der Waals surface area contributed by atoms with Crippen molar-refractivity contribution in [2.75, 3.05) is 13.7 Å². The second-order valence-corrected chi connectivity index (χ2v) is 3.95. The molecule has 94 valence electrons. The van der Waals surface area contributed by atoms with Crippen LogP contribution >= 0.6 is 0 Å². The topological polar surface area (TPSA) is 58.6 Å². The van der Waals surface area contributed by atoms with E-state index in [9.17, 15) is 4.79 Å². The summed E-state index contributed by atoms with van der Waals surface area (Å²) < 4.78 is 5.11. The Morgan fingerprint density at radius 2 is 2.18 bits per heavy atom. The molecule has 0 spiro atoms. The molecule has 0 bridgehead atoms. The van der Waals surface area contributed by atoms with Gasteiger partial charge >= 0.3 is 0 Å². The highest BCUT2D eigenvalue weighted by Gasteiger charge is 2.10. The Labute approximate surface area is 102 Å². The SMILES string of the molecule is COc1ccccc1C(=O)NCCCC(C)O. The lowest BCUT2D eigenvalue weighted by molar-refractivity contribution is 0.0946. The number of rotatable bonds is 6. The fourth-order valence-electron chi connectivity index (χ4n) is 1.53. The Bertz CT molecular complexity index is 363. The lowest BCUT2D eigenvalue weighted by Crippen LogP contribution is -2.25. The number of benzene rings is 1. The second kappa shape index (κ2) is 6.91. The van der Waals surface area contributed by atoms with E-state index in [-0.39, 0.29) is 12.0 Å². The highest BCUT2D eigenvalue weighted by molar-refractivity contribution is 5.96. The van der Waals surface area contributed by atoms with Crippen molar-refractivity contribution in [3.05, 3.63) is 29.8 Å². The van der Waals surface area contributed by atoms with Crippen LogP contribution in [0.1, 0.15) is 30.1 Å². The molecule has 0 heterocycles. The molecular weight excluding hydrogens is 218 g/mol. The van der Waals surface area contributed by atoms with E-state index in [0.29, 0.717) is 24.3 Å². The van der Waals surface area contributed by atoms with Crippen LogP contribution in [0, 0.1) is 0 Å². The molecule has 2 N–H and O–H groups in total. The maximum atomic E-state index is 11.8. The van der Waals surface area contributed by atoms with E-state index in [1.807, 2.05) is 6.07 Å². The molecule has 1 amide bonds. The minimum Gasteiger partial charge on any atom is -0.496 e. The van der Waals surface area contributed by atoms with E-state index in [1.54, 1.807) is 32.2 Å². The van der Waals surface area contributed by atoms with Gasteiger partial charge in [-0.1, -0.05) is 12.1 Å². The summed E-state index contributed by atoms with van der Waals surface area (Å²) in [5, 5.41) is 11.9. The summed E-state index contributed by atoms with van der Waals surface area (Å²) in [5.41, 5.74) is 0.534. The average molecular weight is 237 g/mol. The molecule has 1 unspecified atom stereocenters. The Balaban J connectivity index is 2.47. The normalized spacial score (nSPS) is 11.9. The molecule has 0 aliphatic heterocycles. The highest BCUT2D eigenvalue weighted by Crippen LogP contribution is 2.16. The summed E-state index contributed by atoms with van der Waals surface area (Å²) in [7, 11) is 1.54. The predicted octanol–water partition coefficient (Wildman–Crippen LogP) is 1.59. The number of carbonyl (C=O) groups excluding carboxylic acids is 1. The zero-order chi connectivity index (χ0) is 12.7. The number of para-hydroxylation sites is 1. The van der Waals surface area contributed by atoms with E-state index in [4.69, 9.17) is 9.84 Å². The van der Waals surface area contributed by atoms with E-state index >= 15 is 0 Å². The first kappa shape index (κ1) is 13.5. The van der Waals surface area contributed by atoms with Gasteiger partial charge in [0.1, 0.15) is 5.75 Å². The van der Waals surface area contributed by atoms with Crippen molar-refractivity contribution in [2.24, 2.45) is 0 Å². The molecule has 17 heavy (non-hydrogen) atoms. The number of methoxy groups -OCH3 is 1. The predicted molar refractivity (Wildman–Crippen MR) is 66.2 cm³/mol. The first-order valence-corrected chi connectivity index (χ1v) is 5.74. The van der Waals surface area contributed by atoms with Crippen LogP contribution in [0.3, 0.4) is 0 Å². The summed E-state index contributed by atoms with van der Waals surface area (Å²) in [6.07, 6.45) is 1.13. The number of hydrogen-bond donors (Lipinski definition) is 2. The Morgan fingerprint density at radius 1 is 1.47 bits per heavy atom. The molecule has 1 aromatic carbocycles. The standard InChI is InChI=1S/C13H19NO3/c1-10(15)6-5-9-14-13(16)11-7-3-4-8-12(11)17-2/h3-4,7-8,10,15H,5-6,9H2,1-2H3,(H,14,16). The van der Waals surface area contributed by atoms with Gasteiger partial charge in [-0.05, 0) is 31.9 Å². The minimum absolute atomic E-state index is 0.145. The Hall–Kier alpha value is -1.55. The smallest absolute Gasteiger partial charge is 0.255 e. The maximum absolute atomic E-state index is 11.8. The van der Waals surface area contributed by atoms with E-state index in [1.165, 1.54) is 0 Å². The van der Waals surface area contributed by atoms with Crippen molar-refractivity contribution < 1.29 is 14.6 Å². The van der Waals surface area contributed by atoms with Crippen molar-refractivity contribution in [1.82, 2.24) is 5.32 Å². The van der Waals surface area contributed by atoms with Crippen LogP contribution in [0.5, 0.6) is 5.75 Å². The van der Waals surface area contributed by atoms with Crippen molar-refractivity contribution >= 4 is 5.91 Å². The fourth-order valence-corrected chi connectivity index (χ4v) is 1.53. The van der Waals surface area contributed by atoms with Gasteiger partial charge in [-0.2, -0.15) is 0 Å². The van der Waals surface area contributed by atoms with Crippen molar-refractivity contribution in [3.63, 3.8) is 0 Å². The third-order valence-electron chi connectivity index (χ3n) is 2.44. The lowest BCUT2D eigenvalue weighted by Gasteiger charge is -2.09. The van der Waals surface area contributed by atoms with E-state index in [0.717, 1.165) is 6.42 Å². The second-order valence-electron chi connectivity index (χ2n) is 3.95. The van der Waals surface area contributed by atoms with E-state index < -0.39 is 0 Å². The monoisotopic (exact) mass is 237 g/mol. The van der Waals surface area contributed by atoms with Crippen molar-refractivity contribution in [1.29, 1.82) is 0 Å². The lowest BCUT2D eigenvalue weighted by atomic mass is 10.1. The summed E-state index contributed by atoms with van der Waals surface area (Å²) >= 11 is 0. The molecule has 4 nitrogen and oxygen atoms in total. The summed E-state index contributed by atoms with van der Waals surface area (Å²) in [4.78, 5) is 11.8. The van der Waals surface area contributed by atoms with Gasteiger partial charge in [0.15, 0.2) is 0 Å². The quantitative estimate of drug-likeness (QED) is 0.739. The van der Waals surface area contributed by atoms with Gasteiger partial charge < -0.3 is 15.2 Å². The van der Waals surface area contributed by atoms with Gasteiger partial charge in [0.05, 0.1) is 18.8 Å². The van der Waals surface area contributed by atoms with E-state index in [2.05, 4.69) is 5.32 Å². The van der Waals surface area contributed by atoms with Gasteiger partial charge in [0.25, 0.3) is 5.91 Å².